The summed E-state index contributed by atoms with van der Waals surface area (Å²) >= 11 is 1.13. The van der Waals surface area contributed by atoms with Crippen LogP contribution in [0.1, 0.15) is 30.9 Å². The number of carbonyl (C=O) groups is 2. The Morgan fingerprint density at radius 1 is 1.24 bits per heavy atom. The van der Waals surface area contributed by atoms with Crippen molar-refractivity contribution in [2.24, 2.45) is 0 Å². The van der Waals surface area contributed by atoms with Crippen molar-refractivity contribution in [3.8, 4) is 6.07 Å². The fourth-order valence-electron chi connectivity index (χ4n) is 3.08. The Bertz CT molecular complexity index is 1120. The smallest absolute Gasteiger partial charge is 0.333 e. The Balaban J connectivity index is 2.03. The van der Waals surface area contributed by atoms with Gasteiger partial charge in [0.15, 0.2) is 0 Å². The Kier molecular flexibility index (Phi) is 6.62. The van der Waals surface area contributed by atoms with Crippen LogP contribution in [0.25, 0.3) is 12.2 Å². The fraction of sp³-hybridized carbons (Fsp3) is 0.333. The molecule has 1 aliphatic rings. The van der Waals surface area contributed by atoms with E-state index in [2.05, 4.69) is 0 Å². The molecular formula is C21H21N3O4S. The van der Waals surface area contributed by atoms with Gasteiger partial charge in [-0.1, -0.05) is 12.1 Å². The number of hydrogen-bond donors (Lipinski definition) is 0. The summed E-state index contributed by atoms with van der Waals surface area (Å²) in [6.45, 7) is 3.20. The van der Waals surface area contributed by atoms with E-state index in [-0.39, 0.29) is 24.6 Å². The van der Waals surface area contributed by atoms with E-state index in [4.69, 9.17) is 10.00 Å². The lowest BCUT2D eigenvalue weighted by Gasteiger charge is -2.15. The van der Waals surface area contributed by atoms with E-state index in [1.54, 1.807) is 42.2 Å². The summed E-state index contributed by atoms with van der Waals surface area (Å²) in [4.78, 5) is 39.2. The molecule has 150 valence electrons. The van der Waals surface area contributed by atoms with Crippen LogP contribution in [-0.2, 0) is 20.9 Å². The SMILES string of the molecule is CCOC(=O)/C=c1/s/c(=C/c2ccc(C#N)cc2)c(=O)n1CC(=O)N1CCCC1. The maximum atomic E-state index is 13.0. The molecular weight excluding hydrogens is 390 g/mol. The molecule has 2 aromatic rings. The Morgan fingerprint density at radius 3 is 2.55 bits per heavy atom. The topological polar surface area (TPSA) is 92.4 Å². The van der Waals surface area contributed by atoms with Gasteiger partial charge < -0.3 is 9.64 Å². The number of hydrogen-bond acceptors (Lipinski definition) is 6. The number of amides is 1. The summed E-state index contributed by atoms with van der Waals surface area (Å²) in [6, 6.07) is 8.87. The van der Waals surface area contributed by atoms with Crippen LogP contribution in [0.4, 0.5) is 0 Å². The summed E-state index contributed by atoms with van der Waals surface area (Å²) in [5, 5.41) is 8.91. The molecule has 0 spiro atoms. The number of nitriles is 1. The lowest BCUT2D eigenvalue weighted by atomic mass is 10.1. The molecule has 3 rings (SSSR count). The van der Waals surface area contributed by atoms with E-state index in [0.717, 1.165) is 29.7 Å². The second-order valence-corrected chi connectivity index (χ2v) is 7.62. The third-order valence-electron chi connectivity index (χ3n) is 4.55. The Hall–Kier alpha value is -3.18. The van der Waals surface area contributed by atoms with Crippen LogP contribution in [0.3, 0.4) is 0 Å². The minimum atomic E-state index is -0.555. The van der Waals surface area contributed by atoms with Gasteiger partial charge >= 0.3 is 5.97 Å². The molecule has 8 heteroatoms. The van der Waals surface area contributed by atoms with Crippen molar-refractivity contribution in [2.75, 3.05) is 19.7 Å². The highest BCUT2D eigenvalue weighted by atomic mass is 32.1. The summed E-state index contributed by atoms with van der Waals surface area (Å²) in [5.41, 5.74) is 0.948. The number of thiazole rings is 1. The molecule has 1 amide bonds. The molecule has 1 aromatic carbocycles. The van der Waals surface area contributed by atoms with Crippen LogP contribution < -0.4 is 14.8 Å². The van der Waals surface area contributed by atoms with Gasteiger partial charge in [0.1, 0.15) is 11.2 Å². The molecule has 1 saturated heterocycles. The largest absolute Gasteiger partial charge is 0.463 e. The van der Waals surface area contributed by atoms with Crippen LogP contribution in [0.5, 0.6) is 0 Å². The third kappa shape index (κ3) is 5.00. The number of carbonyl (C=O) groups excluding carboxylic acids is 2. The molecule has 29 heavy (non-hydrogen) atoms. The van der Waals surface area contributed by atoms with Gasteiger partial charge in [-0.15, -0.1) is 11.3 Å². The Labute approximate surface area is 171 Å². The maximum Gasteiger partial charge on any atom is 0.333 e. The average molecular weight is 411 g/mol. The predicted molar refractivity (Wildman–Crippen MR) is 109 cm³/mol. The van der Waals surface area contributed by atoms with Crippen molar-refractivity contribution in [1.29, 1.82) is 5.26 Å². The average Bonchev–Trinajstić information content (AvgIpc) is 3.34. The molecule has 0 atom stereocenters. The first-order valence-corrected chi connectivity index (χ1v) is 10.2. The highest BCUT2D eigenvalue weighted by Crippen LogP contribution is 2.08. The zero-order valence-electron chi connectivity index (χ0n) is 16.1. The number of aromatic nitrogens is 1. The van der Waals surface area contributed by atoms with Gasteiger partial charge in [-0.25, -0.2) is 4.79 Å². The van der Waals surface area contributed by atoms with Crippen LogP contribution in [0, 0.1) is 11.3 Å². The molecule has 0 saturated carbocycles. The number of nitrogens with zero attached hydrogens (tertiary/aromatic N) is 3. The first-order chi connectivity index (χ1) is 14.0. The minimum absolute atomic E-state index is 0.109. The molecule has 7 nitrogen and oxygen atoms in total. The molecule has 2 heterocycles. The van der Waals surface area contributed by atoms with Gasteiger partial charge in [0.25, 0.3) is 5.56 Å². The maximum absolute atomic E-state index is 13.0. The summed E-state index contributed by atoms with van der Waals surface area (Å²) in [7, 11) is 0. The molecule has 0 bridgehead atoms. The first-order valence-electron chi connectivity index (χ1n) is 9.39. The number of likely N-dealkylation sites (tertiary alicyclic amines) is 1. The number of benzene rings is 1. The van der Waals surface area contributed by atoms with Gasteiger partial charge in [-0.05, 0) is 43.5 Å². The quantitative estimate of drug-likeness (QED) is 0.671. The Morgan fingerprint density at radius 2 is 1.93 bits per heavy atom. The normalized spacial score (nSPS) is 14.8. The van der Waals surface area contributed by atoms with E-state index in [1.807, 2.05) is 6.07 Å². The van der Waals surface area contributed by atoms with E-state index < -0.39 is 5.97 Å². The second-order valence-electron chi connectivity index (χ2n) is 6.56. The van der Waals surface area contributed by atoms with Crippen molar-refractivity contribution >= 4 is 35.4 Å². The summed E-state index contributed by atoms with van der Waals surface area (Å²) in [6.07, 6.45) is 4.87. The molecule has 1 fully saturated rings. The number of rotatable bonds is 5. The first kappa shape index (κ1) is 20.6. The fourth-order valence-corrected chi connectivity index (χ4v) is 4.12. The summed E-state index contributed by atoms with van der Waals surface area (Å²) in [5.74, 6) is -0.688. The zero-order chi connectivity index (χ0) is 20.8. The zero-order valence-corrected chi connectivity index (χ0v) is 16.9. The lowest BCUT2D eigenvalue weighted by Crippen LogP contribution is -2.39. The van der Waals surface area contributed by atoms with Gasteiger partial charge in [-0.3, -0.25) is 14.2 Å². The lowest BCUT2D eigenvalue weighted by molar-refractivity contribution is -0.135. The van der Waals surface area contributed by atoms with Crippen molar-refractivity contribution in [3.05, 3.63) is 54.9 Å². The van der Waals surface area contributed by atoms with Gasteiger partial charge in [0.2, 0.25) is 5.91 Å². The van der Waals surface area contributed by atoms with Crippen LogP contribution in [0.15, 0.2) is 29.1 Å². The standard InChI is InChI=1S/C21H21N3O4S/c1-2-28-20(26)12-19-24(14-18(25)23-9-3-4-10-23)21(27)17(29-19)11-15-5-7-16(13-22)8-6-15/h5-8,11-12H,2-4,9-10,14H2,1H3/b17-11+,19-12+. The number of ether oxygens (including phenoxy) is 1. The van der Waals surface area contributed by atoms with Crippen molar-refractivity contribution < 1.29 is 14.3 Å². The van der Waals surface area contributed by atoms with E-state index in [9.17, 15) is 14.4 Å². The molecule has 1 aliphatic heterocycles. The number of esters is 1. The van der Waals surface area contributed by atoms with Crippen molar-refractivity contribution in [1.82, 2.24) is 9.47 Å². The highest BCUT2D eigenvalue weighted by Gasteiger charge is 2.19. The van der Waals surface area contributed by atoms with E-state index in [0.29, 0.717) is 27.8 Å². The van der Waals surface area contributed by atoms with E-state index in [1.165, 1.54) is 10.6 Å². The monoisotopic (exact) mass is 411 g/mol. The molecule has 0 N–H and O–H groups in total. The van der Waals surface area contributed by atoms with Crippen molar-refractivity contribution in [3.63, 3.8) is 0 Å². The highest BCUT2D eigenvalue weighted by molar-refractivity contribution is 7.07. The molecule has 1 aromatic heterocycles. The molecule has 0 unspecified atom stereocenters. The third-order valence-corrected chi connectivity index (χ3v) is 5.61. The van der Waals surface area contributed by atoms with Gasteiger partial charge in [0, 0.05) is 13.1 Å². The second kappa shape index (κ2) is 9.34. The van der Waals surface area contributed by atoms with Gasteiger partial charge in [0.05, 0.1) is 28.8 Å². The van der Waals surface area contributed by atoms with Gasteiger partial charge in [-0.2, -0.15) is 5.26 Å². The molecule has 0 radical (unpaired) electrons. The summed E-state index contributed by atoms with van der Waals surface area (Å²) < 4.78 is 7.07. The van der Waals surface area contributed by atoms with Crippen molar-refractivity contribution in [2.45, 2.75) is 26.3 Å². The van der Waals surface area contributed by atoms with Crippen LogP contribution in [0.2, 0.25) is 0 Å². The van der Waals surface area contributed by atoms with Crippen LogP contribution >= 0.6 is 11.3 Å². The van der Waals surface area contributed by atoms with E-state index >= 15 is 0 Å². The predicted octanol–water partition coefficient (Wildman–Crippen LogP) is 0.576. The molecule has 0 aliphatic carbocycles. The van der Waals surface area contributed by atoms with Crippen LogP contribution in [-0.4, -0.2) is 41.0 Å². The minimum Gasteiger partial charge on any atom is -0.463 e.